The molecule has 0 aliphatic rings. The maximum atomic E-state index is 12.0. The highest BCUT2D eigenvalue weighted by atomic mass is 16.5. The van der Waals surface area contributed by atoms with Crippen molar-refractivity contribution in [1.29, 1.82) is 0 Å². The number of carboxylic acid groups (broad SMARTS) is 1. The van der Waals surface area contributed by atoms with E-state index in [-0.39, 0.29) is 13.0 Å². The fourth-order valence-electron chi connectivity index (χ4n) is 2.74. The van der Waals surface area contributed by atoms with E-state index in [1.165, 1.54) is 6.26 Å². The molecule has 29 heavy (non-hydrogen) atoms. The molecule has 7 heteroatoms. The van der Waals surface area contributed by atoms with Crippen molar-refractivity contribution in [3.8, 4) is 17.1 Å². The van der Waals surface area contributed by atoms with Gasteiger partial charge in [-0.2, -0.15) is 0 Å². The molecule has 1 aromatic heterocycles. The molecule has 0 aliphatic carbocycles. The monoisotopic (exact) mass is 395 g/mol. The van der Waals surface area contributed by atoms with Gasteiger partial charge in [-0.15, -0.1) is 0 Å². The van der Waals surface area contributed by atoms with Crippen LogP contribution in [0.1, 0.15) is 11.1 Å². The van der Waals surface area contributed by atoms with Crippen LogP contribution in [0.3, 0.4) is 0 Å². The zero-order valence-electron chi connectivity index (χ0n) is 15.8. The summed E-state index contributed by atoms with van der Waals surface area (Å²) in [4.78, 5) is 23.5. The SMILES string of the molecule is COc1ccc(-c2cc(COC(=O)NC(Cc3ccccc3)C(=O)O)co2)cc1. The van der Waals surface area contributed by atoms with Gasteiger partial charge in [0, 0.05) is 17.5 Å². The summed E-state index contributed by atoms with van der Waals surface area (Å²) in [5.41, 5.74) is 2.32. The molecule has 0 fully saturated rings. The number of carbonyl (C=O) groups is 2. The first-order chi connectivity index (χ1) is 14.0. The van der Waals surface area contributed by atoms with Crippen molar-refractivity contribution in [2.24, 2.45) is 0 Å². The van der Waals surface area contributed by atoms with E-state index in [4.69, 9.17) is 13.9 Å². The summed E-state index contributed by atoms with van der Waals surface area (Å²) < 4.78 is 15.8. The van der Waals surface area contributed by atoms with Crippen LogP contribution in [-0.2, 0) is 22.6 Å². The number of aliphatic carboxylic acids is 1. The minimum absolute atomic E-state index is 0.0385. The average molecular weight is 395 g/mol. The Morgan fingerprint density at radius 2 is 1.79 bits per heavy atom. The topological polar surface area (TPSA) is 98.0 Å². The number of nitrogens with one attached hydrogen (secondary N) is 1. The molecular formula is C22H21NO6. The van der Waals surface area contributed by atoms with Gasteiger partial charge in [0.15, 0.2) is 0 Å². The van der Waals surface area contributed by atoms with Gasteiger partial charge < -0.3 is 24.3 Å². The molecule has 0 bridgehead atoms. The van der Waals surface area contributed by atoms with Crippen molar-refractivity contribution in [1.82, 2.24) is 5.32 Å². The molecule has 1 unspecified atom stereocenters. The predicted octanol–water partition coefficient (Wildman–Crippen LogP) is 3.88. The second kappa shape index (κ2) is 9.45. The van der Waals surface area contributed by atoms with E-state index in [2.05, 4.69) is 5.32 Å². The van der Waals surface area contributed by atoms with E-state index in [1.54, 1.807) is 25.3 Å². The third kappa shape index (κ3) is 5.62. The van der Waals surface area contributed by atoms with Gasteiger partial charge in [-0.05, 0) is 35.9 Å². The summed E-state index contributed by atoms with van der Waals surface area (Å²) in [6.45, 7) is -0.0385. The molecule has 1 amide bonds. The Labute approximate surface area is 167 Å². The maximum Gasteiger partial charge on any atom is 0.408 e. The standard InChI is InChI=1S/C22H21NO6/c1-27-18-9-7-17(8-10-18)20-12-16(13-28-20)14-29-22(26)23-19(21(24)25)11-15-5-3-2-4-6-15/h2-10,12-13,19H,11,14H2,1H3,(H,23,26)(H,24,25). The number of hydrogen-bond donors (Lipinski definition) is 2. The lowest BCUT2D eigenvalue weighted by Gasteiger charge is -2.14. The largest absolute Gasteiger partial charge is 0.497 e. The van der Waals surface area contributed by atoms with Crippen LogP contribution < -0.4 is 10.1 Å². The van der Waals surface area contributed by atoms with Gasteiger partial charge in [-0.3, -0.25) is 0 Å². The number of amides is 1. The van der Waals surface area contributed by atoms with Gasteiger partial charge in [0.05, 0.1) is 13.4 Å². The van der Waals surface area contributed by atoms with Crippen molar-refractivity contribution in [2.45, 2.75) is 19.1 Å². The van der Waals surface area contributed by atoms with Crippen LogP contribution >= 0.6 is 0 Å². The molecule has 3 rings (SSSR count). The van der Waals surface area contributed by atoms with Crippen molar-refractivity contribution >= 4 is 12.1 Å². The van der Waals surface area contributed by atoms with E-state index < -0.39 is 18.1 Å². The van der Waals surface area contributed by atoms with Gasteiger partial charge in [0.25, 0.3) is 0 Å². The van der Waals surface area contributed by atoms with Crippen molar-refractivity contribution in [3.05, 3.63) is 78.1 Å². The van der Waals surface area contributed by atoms with Crippen LogP contribution in [0.4, 0.5) is 4.79 Å². The fourth-order valence-corrected chi connectivity index (χ4v) is 2.74. The molecule has 0 radical (unpaired) electrons. The van der Waals surface area contributed by atoms with Gasteiger partial charge in [0.1, 0.15) is 24.2 Å². The molecular weight excluding hydrogens is 374 g/mol. The molecule has 0 aliphatic heterocycles. The van der Waals surface area contributed by atoms with Gasteiger partial charge in [-0.1, -0.05) is 30.3 Å². The zero-order valence-corrected chi connectivity index (χ0v) is 15.8. The van der Waals surface area contributed by atoms with Gasteiger partial charge >= 0.3 is 12.1 Å². The van der Waals surface area contributed by atoms with E-state index in [1.807, 2.05) is 42.5 Å². The molecule has 0 saturated heterocycles. The van der Waals surface area contributed by atoms with Crippen LogP contribution in [-0.4, -0.2) is 30.3 Å². The molecule has 2 aromatic carbocycles. The Balaban J connectivity index is 1.54. The normalized spacial score (nSPS) is 11.5. The van der Waals surface area contributed by atoms with E-state index in [0.29, 0.717) is 11.3 Å². The zero-order chi connectivity index (χ0) is 20.6. The van der Waals surface area contributed by atoms with Crippen molar-refractivity contribution in [3.63, 3.8) is 0 Å². The predicted molar refractivity (Wildman–Crippen MR) is 106 cm³/mol. The number of rotatable bonds is 8. The Kier molecular flexibility index (Phi) is 6.52. The number of alkyl carbamates (subject to hydrolysis) is 1. The van der Waals surface area contributed by atoms with Crippen molar-refractivity contribution < 1.29 is 28.6 Å². The minimum Gasteiger partial charge on any atom is -0.497 e. The van der Waals surface area contributed by atoms with E-state index in [9.17, 15) is 14.7 Å². The maximum absolute atomic E-state index is 12.0. The highest BCUT2D eigenvalue weighted by Gasteiger charge is 2.21. The first kappa shape index (κ1) is 20.0. The van der Waals surface area contributed by atoms with Crippen LogP contribution in [0.25, 0.3) is 11.3 Å². The van der Waals surface area contributed by atoms with E-state index >= 15 is 0 Å². The molecule has 1 heterocycles. The number of furan rings is 1. The molecule has 2 N–H and O–H groups in total. The number of methoxy groups -OCH3 is 1. The minimum atomic E-state index is -1.13. The highest BCUT2D eigenvalue weighted by molar-refractivity contribution is 5.80. The van der Waals surface area contributed by atoms with Crippen LogP contribution in [0, 0.1) is 0 Å². The summed E-state index contributed by atoms with van der Waals surface area (Å²) in [6, 6.07) is 17.1. The van der Waals surface area contributed by atoms with Crippen LogP contribution in [0.2, 0.25) is 0 Å². The van der Waals surface area contributed by atoms with Crippen LogP contribution in [0.5, 0.6) is 5.75 Å². The average Bonchev–Trinajstić information content (AvgIpc) is 3.21. The molecule has 1 atom stereocenters. The van der Waals surface area contributed by atoms with Gasteiger partial charge in [-0.25, -0.2) is 9.59 Å². The number of ether oxygens (including phenoxy) is 2. The molecule has 150 valence electrons. The summed E-state index contributed by atoms with van der Waals surface area (Å²) in [7, 11) is 1.59. The number of hydrogen-bond acceptors (Lipinski definition) is 5. The Morgan fingerprint density at radius 1 is 1.07 bits per heavy atom. The third-order valence-corrected chi connectivity index (χ3v) is 4.27. The number of benzene rings is 2. The summed E-state index contributed by atoms with van der Waals surface area (Å²) in [6.07, 6.45) is 0.852. The Morgan fingerprint density at radius 3 is 2.45 bits per heavy atom. The first-order valence-corrected chi connectivity index (χ1v) is 8.97. The number of carboxylic acids is 1. The van der Waals surface area contributed by atoms with Crippen LogP contribution in [0.15, 0.2) is 71.3 Å². The molecule has 0 saturated carbocycles. The summed E-state index contributed by atoms with van der Waals surface area (Å²) >= 11 is 0. The Hall–Kier alpha value is -3.74. The van der Waals surface area contributed by atoms with E-state index in [0.717, 1.165) is 16.9 Å². The lowest BCUT2D eigenvalue weighted by molar-refractivity contribution is -0.139. The van der Waals surface area contributed by atoms with Gasteiger partial charge in [0.2, 0.25) is 0 Å². The van der Waals surface area contributed by atoms with Crippen molar-refractivity contribution in [2.75, 3.05) is 7.11 Å². The molecule has 0 spiro atoms. The lowest BCUT2D eigenvalue weighted by Crippen LogP contribution is -2.42. The highest BCUT2D eigenvalue weighted by Crippen LogP contribution is 2.24. The first-order valence-electron chi connectivity index (χ1n) is 8.97. The summed E-state index contributed by atoms with van der Waals surface area (Å²) in [5, 5.41) is 11.7. The fraction of sp³-hybridized carbons (Fsp3) is 0.182. The smallest absolute Gasteiger partial charge is 0.408 e. The number of carbonyl (C=O) groups excluding carboxylic acids is 1. The second-order valence-electron chi connectivity index (χ2n) is 6.35. The quantitative estimate of drug-likeness (QED) is 0.601. The second-order valence-corrected chi connectivity index (χ2v) is 6.35. The summed E-state index contributed by atoms with van der Waals surface area (Å²) in [5.74, 6) is 0.235. The Bertz CT molecular complexity index is 949. The lowest BCUT2D eigenvalue weighted by atomic mass is 10.1. The third-order valence-electron chi connectivity index (χ3n) is 4.27. The molecule has 7 nitrogen and oxygen atoms in total. The molecule has 3 aromatic rings.